The van der Waals surface area contributed by atoms with Crippen LogP contribution in [0.2, 0.25) is 0 Å². The fourth-order valence-electron chi connectivity index (χ4n) is 2.05. The van der Waals surface area contributed by atoms with Crippen molar-refractivity contribution in [3.63, 3.8) is 0 Å². The number of nitrogens with one attached hydrogen (secondary N) is 1. The lowest BCUT2D eigenvalue weighted by molar-refractivity contribution is -0.127. The van der Waals surface area contributed by atoms with Crippen LogP contribution in [0.1, 0.15) is 12.0 Å². The Morgan fingerprint density at radius 3 is 2.83 bits per heavy atom. The molecule has 0 aliphatic carbocycles. The molecule has 1 saturated heterocycles. The second kappa shape index (κ2) is 4.68. The van der Waals surface area contributed by atoms with Crippen molar-refractivity contribution in [2.75, 3.05) is 24.6 Å². The number of rotatable bonds is 2. The van der Waals surface area contributed by atoms with Crippen molar-refractivity contribution in [1.29, 1.82) is 0 Å². The van der Waals surface area contributed by atoms with Crippen molar-refractivity contribution in [1.82, 2.24) is 4.90 Å². The number of anilines is 2. The lowest BCUT2D eigenvalue weighted by Crippen LogP contribution is -2.26. The first-order valence-corrected chi connectivity index (χ1v) is 5.88. The SMILES string of the molecule is Cc1ccc(N)cc1NC(=O)C1CC(=O)N(C)C1. The number of hydrogen-bond acceptors (Lipinski definition) is 3. The first-order valence-electron chi connectivity index (χ1n) is 5.88. The normalized spacial score (nSPS) is 19.1. The third-order valence-corrected chi connectivity index (χ3v) is 3.23. The van der Waals surface area contributed by atoms with Gasteiger partial charge in [0, 0.05) is 31.4 Å². The summed E-state index contributed by atoms with van der Waals surface area (Å²) in [4.78, 5) is 25.0. The monoisotopic (exact) mass is 247 g/mol. The zero-order valence-electron chi connectivity index (χ0n) is 10.6. The lowest BCUT2D eigenvalue weighted by Gasteiger charge is -2.13. The van der Waals surface area contributed by atoms with E-state index in [9.17, 15) is 9.59 Å². The average Bonchev–Trinajstić information content (AvgIpc) is 2.64. The van der Waals surface area contributed by atoms with Crippen molar-refractivity contribution in [2.24, 2.45) is 5.92 Å². The molecule has 2 amide bonds. The highest BCUT2D eigenvalue weighted by atomic mass is 16.2. The number of carbonyl (C=O) groups is 2. The smallest absolute Gasteiger partial charge is 0.229 e. The maximum atomic E-state index is 12.0. The van der Waals surface area contributed by atoms with E-state index in [4.69, 9.17) is 5.73 Å². The van der Waals surface area contributed by atoms with E-state index in [1.807, 2.05) is 13.0 Å². The van der Waals surface area contributed by atoms with E-state index in [-0.39, 0.29) is 24.2 Å². The van der Waals surface area contributed by atoms with Gasteiger partial charge in [-0.05, 0) is 24.6 Å². The van der Waals surface area contributed by atoms with Gasteiger partial charge >= 0.3 is 0 Å². The summed E-state index contributed by atoms with van der Waals surface area (Å²) >= 11 is 0. The van der Waals surface area contributed by atoms with Crippen molar-refractivity contribution < 1.29 is 9.59 Å². The number of benzene rings is 1. The van der Waals surface area contributed by atoms with Gasteiger partial charge in [-0.2, -0.15) is 0 Å². The standard InChI is InChI=1S/C13H17N3O2/c1-8-3-4-10(14)6-11(8)15-13(18)9-5-12(17)16(2)7-9/h3-4,6,9H,5,7,14H2,1-2H3,(H,15,18). The zero-order chi connectivity index (χ0) is 13.3. The van der Waals surface area contributed by atoms with Crippen LogP contribution in [0, 0.1) is 12.8 Å². The van der Waals surface area contributed by atoms with E-state index in [2.05, 4.69) is 5.32 Å². The number of nitrogen functional groups attached to an aromatic ring is 1. The Morgan fingerprint density at radius 2 is 2.22 bits per heavy atom. The Hall–Kier alpha value is -2.04. The zero-order valence-corrected chi connectivity index (χ0v) is 10.6. The maximum Gasteiger partial charge on any atom is 0.229 e. The molecule has 0 bridgehead atoms. The Kier molecular flexibility index (Phi) is 3.23. The third-order valence-electron chi connectivity index (χ3n) is 3.23. The topological polar surface area (TPSA) is 75.4 Å². The quantitative estimate of drug-likeness (QED) is 0.765. The van der Waals surface area contributed by atoms with Gasteiger partial charge < -0.3 is 16.0 Å². The van der Waals surface area contributed by atoms with Crippen LogP contribution in [0.4, 0.5) is 11.4 Å². The van der Waals surface area contributed by atoms with Crippen LogP contribution in [0.15, 0.2) is 18.2 Å². The van der Waals surface area contributed by atoms with Gasteiger partial charge in [0.25, 0.3) is 0 Å². The molecule has 0 aromatic heterocycles. The number of nitrogens with zero attached hydrogens (tertiary/aromatic N) is 1. The van der Waals surface area contributed by atoms with Gasteiger partial charge in [0.1, 0.15) is 0 Å². The molecule has 0 spiro atoms. The lowest BCUT2D eigenvalue weighted by atomic mass is 10.1. The van der Waals surface area contributed by atoms with Crippen molar-refractivity contribution in [3.05, 3.63) is 23.8 Å². The minimum Gasteiger partial charge on any atom is -0.399 e. The highest BCUT2D eigenvalue weighted by Gasteiger charge is 2.32. The van der Waals surface area contributed by atoms with Crippen LogP contribution in [0.25, 0.3) is 0 Å². The summed E-state index contributed by atoms with van der Waals surface area (Å²) in [5, 5.41) is 2.84. The molecule has 0 saturated carbocycles. The summed E-state index contributed by atoms with van der Waals surface area (Å²) in [7, 11) is 1.71. The predicted molar refractivity (Wildman–Crippen MR) is 70.0 cm³/mol. The Balaban J connectivity index is 2.08. The average molecular weight is 247 g/mol. The van der Waals surface area contributed by atoms with E-state index in [1.165, 1.54) is 0 Å². The molecular formula is C13H17N3O2. The highest BCUT2D eigenvalue weighted by molar-refractivity contribution is 5.97. The molecule has 96 valence electrons. The summed E-state index contributed by atoms with van der Waals surface area (Å²) in [5.74, 6) is -0.385. The van der Waals surface area contributed by atoms with E-state index in [1.54, 1.807) is 24.1 Å². The van der Waals surface area contributed by atoms with Gasteiger partial charge in [0.05, 0.1) is 5.92 Å². The van der Waals surface area contributed by atoms with Crippen molar-refractivity contribution in [2.45, 2.75) is 13.3 Å². The van der Waals surface area contributed by atoms with Crippen LogP contribution in [-0.2, 0) is 9.59 Å². The first kappa shape index (κ1) is 12.4. The summed E-state index contributed by atoms with van der Waals surface area (Å²) in [5.41, 5.74) is 7.96. The fourth-order valence-corrected chi connectivity index (χ4v) is 2.05. The summed E-state index contributed by atoms with van der Waals surface area (Å²) < 4.78 is 0. The van der Waals surface area contributed by atoms with E-state index in [0.29, 0.717) is 17.9 Å². The van der Waals surface area contributed by atoms with Gasteiger partial charge in [-0.1, -0.05) is 6.07 Å². The molecule has 1 fully saturated rings. The third kappa shape index (κ3) is 2.45. The van der Waals surface area contributed by atoms with Crippen molar-refractivity contribution in [3.8, 4) is 0 Å². The Labute approximate surface area is 106 Å². The second-order valence-electron chi connectivity index (χ2n) is 4.74. The van der Waals surface area contributed by atoms with Crippen LogP contribution in [-0.4, -0.2) is 30.3 Å². The molecule has 1 atom stereocenters. The van der Waals surface area contributed by atoms with Gasteiger partial charge in [-0.3, -0.25) is 9.59 Å². The molecule has 1 aromatic rings. The molecule has 1 aliphatic rings. The predicted octanol–water partition coefficient (Wildman–Crippen LogP) is 0.994. The van der Waals surface area contributed by atoms with E-state index < -0.39 is 0 Å². The molecule has 1 aliphatic heterocycles. The molecule has 2 rings (SSSR count). The van der Waals surface area contributed by atoms with E-state index >= 15 is 0 Å². The number of amides is 2. The number of hydrogen-bond donors (Lipinski definition) is 2. The molecule has 5 nitrogen and oxygen atoms in total. The summed E-state index contributed by atoms with van der Waals surface area (Å²) in [6, 6.07) is 5.38. The van der Waals surface area contributed by atoms with Gasteiger partial charge in [-0.25, -0.2) is 0 Å². The molecule has 1 heterocycles. The molecule has 1 aromatic carbocycles. The number of nitrogens with two attached hydrogens (primary N) is 1. The minimum absolute atomic E-state index is 0.0134. The highest BCUT2D eigenvalue weighted by Crippen LogP contribution is 2.22. The second-order valence-corrected chi connectivity index (χ2v) is 4.74. The molecular weight excluding hydrogens is 230 g/mol. The molecule has 1 unspecified atom stereocenters. The van der Waals surface area contributed by atoms with Crippen LogP contribution in [0.5, 0.6) is 0 Å². The van der Waals surface area contributed by atoms with Crippen LogP contribution < -0.4 is 11.1 Å². The maximum absolute atomic E-state index is 12.0. The number of aryl methyl sites for hydroxylation is 1. The van der Waals surface area contributed by atoms with Gasteiger partial charge in [0.2, 0.25) is 11.8 Å². The van der Waals surface area contributed by atoms with Crippen LogP contribution in [0.3, 0.4) is 0 Å². The number of likely N-dealkylation sites (tertiary alicyclic amines) is 1. The van der Waals surface area contributed by atoms with Gasteiger partial charge in [0.15, 0.2) is 0 Å². The fraction of sp³-hybridized carbons (Fsp3) is 0.385. The number of carbonyl (C=O) groups excluding carboxylic acids is 2. The summed E-state index contributed by atoms with van der Waals surface area (Å²) in [6.45, 7) is 2.38. The molecule has 3 N–H and O–H groups in total. The Morgan fingerprint density at radius 1 is 1.50 bits per heavy atom. The molecule has 0 radical (unpaired) electrons. The van der Waals surface area contributed by atoms with Gasteiger partial charge in [-0.15, -0.1) is 0 Å². The minimum atomic E-state index is -0.275. The van der Waals surface area contributed by atoms with Crippen molar-refractivity contribution >= 4 is 23.2 Å². The molecule has 18 heavy (non-hydrogen) atoms. The largest absolute Gasteiger partial charge is 0.399 e. The molecule has 5 heteroatoms. The van der Waals surface area contributed by atoms with E-state index in [0.717, 1.165) is 5.56 Å². The van der Waals surface area contributed by atoms with Crippen LogP contribution >= 0.6 is 0 Å². The Bertz CT molecular complexity index is 499. The summed E-state index contributed by atoms with van der Waals surface area (Å²) in [6.07, 6.45) is 0.281. The first-order chi connectivity index (χ1) is 8.47.